The summed E-state index contributed by atoms with van der Waals surface area (Å²) in [7, 11) is 1.77. The minimum Gasteiger partial charge on any atom is -0.386 e. The topological polar surface area (TPSA) is 168 Å². The van der Waals surface area contributed by atoms with Crippen molar-refractivity contribution in [3.63, 3.8) is 0 Å². The number of nitrogens with zero attached hydrogens (tertiary/aromatic N) is 5. The summed E-state index contributed by atoms with van der Waals surface area (Å²) >= 11 is 0. The van der Waals surface area contributed by atoms with Crippen molar-refractivity contribution in [1.29, 1.82) is 0 Å². The number of morpholine rings is 1. The molecule has 0 aromatic heterocycles. The van der Waals surface area contributed by atoms with Crippen LogP contribution in [-0.4, -0.2) is 127 Å². The van der Waals surface area contributed by atoms with E-state index in [4.69, 9.17) is 4.74 Å². The van der Waals surface area contributed by atoms with Crippen LogP contribution in [0.25, 0.3) is 11.1 Å². The number of anilines is 3. The number of halogens is 2. The van der Waals surface area contributed by atoms with Crippen molar-refractivity contribution in [2.75, 3.05) is 68.9 Å². The average molecular weight is 798 g/mol. The molecule has 17 heteroatoms. The summed E-state index contributed by atoms with van der Waals surface area (Å²) in [5.41, 5.74) is 3.37. The average Bonchev–Trinajstić information content (AvgIpc) is 3.79. The zero-order valence-corrected chi connectivity index (χ0v) is 32.1. The van der Waals surface area contributed by atoms with Crippen molar-refractivity contribution in [2.24, 2.45) is 5.10 Å². The Hall–Kier alpha value is -5.94. The molecule has 0 spiro atoms. The molecule has 3 saturated heterocycles. The van der Waals surface area contributed by atoms with E-state index in [-0.39, 0.29) is 60.7 Å². The summed E-state index contributed by atoms with van der Waals surface area (Å²) in [6, 6.07) is 12.0. The standard InChI is InChI=1S/C41H45F2N9O6/c1-44-38-27(24-19-31(42)30(32(43)20-24)23-49-15-17-58-18-16-49)3-2-4-33(38)47-35-9-12-46-52(35)26-10-13-50(14-11-26)37(54)22-45-25-5-6-28-29(21-25)41(57)51(40(28)56)34-7-8-36(53)48-39(34)55/h2-6,12,19-21,26,34-35,44-45,47H,7-11,13-18,22-23H2,1H3,(H,48,53,55)/t34?,35-/m0/s1. The molecule has 58 heavy (non-hydrogen) atoms. The number of hydrogen-bond acceptors (Lipinski definition) is 12. The number of hydrazone groups is 1. The fraction of sp³-hybridized carbons (Fsp3) is 0.415. The first kappa shape index (κ1) is 38.9. The number of rotatable bonds is 11. The second-order valence-corrected chi connectivity index (χ2v) is 15.0. The number of fused-ring (bicyclic) bond motifs is 1. The molecular formula is C41H45F2N9O6. The lowest BCUT2D eigenvalue weighted by Crippen LogP contribution is -2.54. The molecule has 0 saturated carbocycles. The lowest BCUT2D eigenvalue weighted by Gasteiger charge is -2.39. The second kappa shape index (κ2) is 16.5. The summed E-state index contributed by atoms with van der Waals surface area (Å²) in [4.78, 5) is 68.2. The van der Waals surface area contributed by atoms with Crippen molar-refractivity contribution in [3.05, 3.63) is 76.9 Å². The van der Waals surface area contributed by atoms with Gasteiger partial charge in [-0.25, -0.2) is 8.78 Å². The number of amides is 5. The van der Waals surface area contributed by atoms with Crippen molar-refractivity contribution < 1.29 is 37.5 Å². The number of para-hydroxylation sites is 1. The van der Waals surface area contributed by atoms with Crippen molar-refractivity contribution in [1.82, 2.24) is 25.0 Å². The highest BCUT2D eigenvalue weighted by Gasteiger charge is 2.44. The quantitative estimate of drug-likeness (QED) is 0.210. The number of ether oxygens (including phenoxy) is 1. The number of carbonyl (C=O) groups excluding carboxylic acids is 5. The summed E-state index contributed by atoms with van der Waals surface area (Å²) in [6.07, 6.45) is 3.78. The Morgan fingerprint density at radius 2 is 1.66 bits per heavy atom. The fourth-order valence-corrected chi connectivity index (χ4v) is 8.41. The zero-order chi connectivity index (χ0) is 40.5. The molecule has 4 N–H and O–H groups in total. The molecule has 1 unspecified atom stereocenters. The number of nitrogens with one attached hydrogen (secondary N) is 4. The molecule has 3 aromatic carbocycles. The van der Waals surface area contributed by atoms with Gasteiger partial charge in [0.2, 0.25) is 17.7 Å². The van der Waals surface area contributed by atoms with E-state index in [1.54, 1.807) is 18.0 Å². The first-order chi connectivity index (χ1) is 28.1. The third kappa shape index (κ3) is 7.70. The van der Waals surface area contributed by atoms with Gasteiger partial charge in [-0.3, -0.25) is 44.1 Å². The molecule has 0 bridgehead atoms. The normalized spacial score (nSPS) is 21.4. The lowest BCUT2D eigenvalue weighted by molar-refractivity contribution is -0.136. The third-order valence-corrected chi connectivity index (χ3v) is 11.5. The van der Waals surface area contributed by atoms with E-state index < -0.39 is 41.3 Å². The smallest absolute Gasteiger partial charge is 0.262 e. The molecule has 0 aliphatic carbocycles. The number of hydrogen-bond donors (Lipinski definition) is 4. The van der Waals surface area contributed by atoms with Crippen LogP contribution in [0, 0.1) is 11.6 Å². The van der Waals surface area contributed by atoms with Crippen LogP contribution < -0.4 is 21.3 Å². The molecule has 3 fully saturated rings. The molecule has 5 aliphatic heterocycles. The van der Waals surface area contributed by atoms with Gasteiger partial charge in [0.1, 0.15) is 23.8 Å². The van der Waals surface area contributed by atoms with E-state index >= 15 is 8.78 Å². The van der Waals surface area contributed by atoms with Gasteiger partial charge in [-0.15, -0.1) is 0 Å². The van der Waals surface area contributed by atoms with Gasteiger partial charge in [0.05, 0.1) is 48.3 Å². The van der Waals surface area contributed by atoms with E-state index in [0.717, 1.165) is 10.6 Å². The lowest BCUT2D eigenvalue weighted by atomic mass is 9.99. The summed E-state index contributed by atoms with van der Waals surface area (Å²) in [6.45, 7) is 3.51. The Bertz CT molecular complexity index is 2150. The van der Waals surface area contributed by atoms with Gasteiger partial charge in [-0.2, -0.15) is 5.10 Å². The number of benzene rings is 3. The van der Waals surface area contributed by atoms with Crippen LogP contribution in [0.5, 0.6) is 0 Å². The predicted octanol–water partition coefficient (Wildman–Crippen LogP) is 3.44. The first-order valence-electron chi connectivity index (χ1n) is 19.6. The Labute approximate surface area is 333 Å². The van der Waals surface area contributed by atoms with Crippen LogP contribution in [0.15, 0.2) is 53.6 Å². The van der Waals surface area contributed by atoms with Crippen LogP contribution in [0.1, 0.15) is 58.4 Å². The second-order valence-electron chi connectivity index (χ2n) is 15.0. The Morgan fingerprint density at radius 3 is 2.38 bits per heavy atom. The molecule has 5 amide bonds. The van der Waals surface area contributed by atoms with Gasteiger partial charge in [0.25, 0.3) is 11.8 Å². The third-order valence-electron chi connectivity index (χ3n) is 11.5. The van der Waals surface area contributed by atoms with Crippen molar-refractivity contribution in [2.45, 2.75) is 56.9 Å². The Kier molecular flexibility index (Phi) is 11.1. The van der Waals surface area contributed by atoms with Crippen LogP contribution in [0.4, 0.5) is 25.8 Å². The maximum atomic E-state index is 15.4. The van der Waals surface area contributed by atoms with E-state index in [1.165, 1.54) is 24.3 Å². The largest absolute Gasteiger partial charge is 0.386 e. The predicted molar refractivity (Wildman–Crippen MR) is 211 cm³/mol. The van der Waals surface area contributed by atoms with Gasteiger partial charge in [-0.05, 0) is 61.2 Å². The number of imide groups is 2. The van der Waals surface area contributed by atoms with E-state index in [1.807, 2.05) is 34.3 Å². The first-order valence-corrected chi connectivity index (χ1v) is 19.6. The fourth-order valence-electron chi connectivity index (χ4n) is 8.41. The van der Waals surface area contributed by atoms with Crippen LogP contribution in [-0.2, 0) is 25.7 Å². The molecule has 3 aromatic rings. The van der Waals surface area contributed by atoms with E-state index in [0.29, 0.717) is 81.2 Å². The minimum atomic E-state index is -1.06. The Morgan fingerprint density at radius 1 is 0.914 bits per heavy atom. The highest BCUT2D eigenvalue weighted by molar-refractivity contribution is 6.23. The van der Waals surface area contributed by atoms with Crippen LogP contribution in [0.3, 0.4) is 0 Å². The van der Waals surface area contributed by atoms with E-state index in [9.17, 15) is 24.0 Å². The van der Waals surface area contributed by atoms with Crippen LogP contribution >= 0.6 is 0 Å². The minimum absolute atomic E-state index is 0.0258. The monoisotopic (exact) mass is 797 g/mol. The van der Waals surface area contributed by atoms with Gasteiger partial charge >= 0.3 is 0 Å². The highest BCUT2D eigenvalue weighted by atomic mass is 19.1. The van der Waals surface area contributed by atoms with Crippen molar-refractivity contribution >= 4 is 52.8 Å². The molecule has 5 heterocycles. The SMILES string of the molecule is CNc1c(N[C@@H]2CC=NN2C2CCN(C(=O)CNc3ccc4c(c3)C(=O)N(C3CCC(=O)NC3=O)C4=O)CC2)cccc1-c1cc(F)c(CN2CCOCC2)c(F)c1. The molecule has 304 valence electrons. The molecule has 5 aliphatic rings. The van der Waals surface area contributed by atoms with Gasteiger partial charge in [0, 0.05) is 75.6 Å². The highest BCUT2D eigenvalue weighted by Crippen LogP contribution is 2.37. The van der Waals surface area contributed by atoms with Crippen LogP contribution in [0.2, 0.25) is 0 Å². The number of piperidine rings is 2. The molecule has 8 rings (SSSR count). The van der Waals surface area contributed by atoms with Gasteiger partial charge < -0.3 is 25.6 Å². The molecule has 15 nitrogen and oxygen atoms in total. The zero-order valence-electron chi connectivity index (χ0n) is 32.1. The number of carbonyl (C=O) groups is 5. The summed E-state index contributed by atoms with van der Waals surface area (Å²) in [5, 5.41) is 18.8. The Balaban J connectivity index is 0.861. The van der Waals surface area contributed by atoms with Gasteiger partial charge in [-0.1, -0.05) is 12.1 Å². The number of likely N-dealkylation sites (tertiary alicyclic amines) is 1. The maximum Gasteiger partial charge on any atom is 0.262 e. The summed E-state index contributed by atoms with van der Waals surface area (Å²) < 4.78 is 36.2. The molecular weight excluding hydrogens is 753 g/mol. The van der Waals surface area contributed by atoms with Gasteiger partial charge in [0.15, 0.2) is 0 Å². The maximum absolute atomic E-state index is 15.4. The molecule has 2 atom stereocenters. The van der Waals surface area contributed by atoms with E-state index in [2.05, 4.69) is 26.4 Å². The molecule has 0 radical (unpaired) electrons. The van der Waals surface area contributed by atoms with Crippen molar-refractivity contribution in [3.8, 4) is 11.1 Å². The summed E-state index contributed by atoms with van der Waals surface area (Å²) in [5.74, 6) is -3.62.